The molecule has 41 heavy (non-hydrogen) atoms. The summed E-state index contributed by atoms with van der Waals surface area (Å²) < 4.78 is 0. The molecule has 0 bridgehead atoms. The number of hydrogen-bond donors (Lipinski definition) is 1. The second kappa shape index (κ2) is 22.8. The monoisotopic (exact) mass is 556 g/mol. The van der Waals surface area contributed by atoms with Gasteiger partial charge in [-0.3, -0.25) is 0 Å². The Bertz CT molecular complexity index is 1090. The molecule has 0 aliphatic carbocycles. The van der Waals surface area contributed by atoms with Crippen LogP contribution in [0, 0.1) is 0 Å². The van der Waals surface area contributed by atoms with Gasteiger partial charge in [0.15, 0.2) is 0 Å². The first-order valence-corrected chi connectivity index (χ1v) is 15.3. The summed E-state index contributed by atoms with van der Waals surface area (Å²) in [5, 5.41) is 9.82. The van der Waals surface area contributed by atoms with E-state index in [0.717, 1.165) is 44.9 Å². The van der Waals surface area contributed by atoms with Gasteiger partial charge in [-0.15, -0.1) is 0 Å². The predicted octanol–water partition coefficient (Wildman–Crippen LogP) is 12.4. The summed E-state index contributed by atoms with van der Waals surface area (Å²) in [5.41, 5.74) is 8.72. The molecule has 0 spiro atoms. The van der Waals surface area contributed by atoms with E-state index in [2.05, 4.69) is 147 Å². The Hall–Kier alpha value is -2.90. The van der Waals surface area contributed by atoms with E-state index >= 15 is 0 Å². The molecular weight excluding hydrogens is 496 g/mol. The van der Waals surface area contributed by atoms with Crippen molar-refractivity contribution in [1.29, 1.82) is 0 Å². The fourth-order valence-electron chi connectivity index (χ4n) is 3.86. The molecule has 226 valence electrons. The minimum Gasteiger partial charge on any atom is -0.390 e. The molecule has 0 atom stereocenters. The van der Waals surface area contributed by atoms with Gasteiger partial charge in [0.25, 0.3) is 0 Å². The molecule has 0 rings (SSSR count). The zero-order chi connectivity index (χ0) is 31.1. The minimum absolute atomic E-state index is 0.573. The van der Waals surface area contributed by atoms with Gasteiger partial charge in [0.2, 0.25) is 0 Å². The van der Waals surface area contributed by atoms with Crippen LogP contribution in [0.15, 0.2) is 130 Å². The van der Waals surface area contributed by atoms with Crippen LogP contribution in [0.5, 0.6) is 0 Å². The standard InChI is InChI=1S/C40H60O/c1-33(2)19-13-22-36(5)25-16-28-37(6)26-14-23-34(3)20-11-12-21-35(4)24-15-27-38(7)29-17-30-39(8)31-18-32-40(9,10)41/h11-12,14-15,17,19-21,23-27,29-30,41H,13,16,18,22,28,31-32H2,1-10H3. The van der Waals surface area contributed by atoms with E-state index in [0.29, 0.717) is 0 Å². The lowest BCUT2D eigenvalue weighted by atomic mass is 9.99. The quantitative estimate of drug-likeness (QED) is 0.131. The van der Waals surface area contributed by atoms with Crippen molar-refractivity contribution in [1.82, 2.24) is 0 Å². The molecule has 0 aromatic heterocycles. The van der Waals surface area contributed by atoms with Crippen molar-refractivity contribution in [3.05, 3.63) is 130 Å². The van der Waals surface area contributed by atoms with Crippen molar-refractivity contribution in [2.45, 2.75) is 120 Å². The summed E-state index contributed by atoms with van der Waals surface area (Å²) in [7, 11) is 0. The second-order valence-corrected chi connectivity index (χ2v) is 12.3. The van der Waals surface area contributed by atoms with Gasteiger partial charge in [-0.25, -0.2) is 0 Å². The maximum absolute atomic E-state index is 9.82. The lowest BCUT2D eigenvalue weighted by molar-refractivity contribution is 0.0689. The summed E-state index contributed by atoms with van der Waals surface area (Å²) >= 11 is 0. The van der Waals surface area contributed by atoms with Crippen LogP contribution in [0.1, 0.15) is 114 Å². The summed E-state index contributed by atoms with van der Waals surface area (Å²) in [6, 6.07) is 0. The van der Waals surface area contributed by atoms with Crippen molar-refractivity contribution >= 4 is 0 Å². The van der Waals surface area contributed by atoms with Gasteiger partial charge < -0.3 is 5.11 Å². The molecule has 0 aromatic carbocycles. The molecule has 0 radical (unpaired) electrons. The van der Waals surface area contributed by atoms with Crippen molar-refractivity contribution in [2.75, 3.05) is 0 Å². The third kappa shape index (κ3) is 27.1. The number of aliphatic hydroxyl groups is 1. The molecule has 0 fully saturated rings. The van der Waals surface area contributed by atoms with E-state index in [4.69, 9.17) is 0 Å². The van der Waals surface area contributed by atoms with Gasteiger partial charge in [-0.05, 0) is 114 Å². The molecular formula is C40H60O. The van der Waals surface area contributed by atoms with Crippen molar-refractivity contribution in [3.63, 3.8) is 0 Å². The van der Waals surface area contributed by atoms with Crippen LogP contribution in [0.25, 0.3) is 0 Å². The van der Waals surface area contributed by atoms with Gasteiger partial charge in [0.05, 0.1) is 5.60 Å². The molecule has 0 amide bonds. The second-order valence-electron chi connectivity index (χ2n) is 12.3. The summed E-state index contributed by atoms with van der Waals surface area (Å²) in [5.74, 6) is 0. The van der Waals surface area contributed by atoms with E-state index in [9.17, 15) is 5.11 Å². The fraction of sp³-hybridized carbons (Fsp3) is 0.450. The SMILES string of the molecule is CC(C)=CCCC(C)=CCCC(C)=CC=CC(C)=CC=CC=C(C)C=CC=C(C)C=CC=C(C)CCCC(C)(C)O. The summed E-state index contributed by atoms with van der Waals surface area (Å²) in [6.45, 7) is 21.0. The molecule has 0 saturated heterocycles. The highest BCUT2D eigenvalue weighted by Gasteiger charge is 2.10. The number of allylic oxidation sites excluding steroid dienone is 22. The largest absolute Gasteiger partial charge is 0.390 e. The molecule has 1 N–H and O–H groups in total. The molecule has 0 saturated carbocycles. The molecule has 1 nitrogen and oxygen atoms in total. The lowest BCUT2D eigenvalue weighted by Gasteiger charge is -2.16. The fourth-order valence-corrected chi connectivity index (χ4v) is 3.86. The average molecular weight is 557 g/mol. The van der Waals surface area contributed by atoms with E-state index in [1.165, 1.54) is 39.0 Å². The summed E-state index contributed by atoms with van der Waals surface area (Å²) in [4.78, 5) is 0. The topological polar surface area (TPSA) is 20.2 Å². The first-order valence-electron chi connectivity index (χ1n) is 15.3. The minimum atomic E-state index is -0.573. The molecule has 1 heteroatoms. The van der Waals surface area contributed by atoms with Gasteiger partial charge in [-0.1, -0.05) is 130 Å². The third-order valence-electron chi connectivity index (χ3n) is 6.51. The Kier molecular flexibility index (Phi) is 21.1. The highest BCUT2D eigenvalue weighted by molar-refractivity contribution is 5.31. The number of hydrogen-bond acceptors (Lipinski definition) is 1. The third-order valence-corrected chi connectivity index (χ3v) is 6.51. The molecule has 0 aliphatic heterocycles. The Labute approximate surface area is 254 Å². The molecule has 0 heterocycles. The first kappa shape index (κ1) is 38.1. The Balaban J connectivity index is 4.59. The van der Waals surface area contributed by atoms with Gasteiger partial charge in [0.1, 0.15) is 0 Å². The highest BCUT2D eigenvalue weighted by atomic mass is 16.3. The van der Waals surface area contributed by atoms with Crippen molar-refractivity contribution < 1.29 is 5.11 Å². The summed E-state index contributed by atoms with van der Waals surface area (Å²) in [6.07, 6.45) is 39.9. The van der Waals surface area contributed by atoms with Crippen LogP contribution >= 0.6 is 0 Å². The van der Waals surface area contributed by atoms with Crippen LogP contribution in [0.4, 0.5) is 0 Å². The average Bonchev–Trinajstić information content (AvgIpc) is 2.85. The van der Waals surface area contributed by atoms with E-state index in [1.54, 1.807) is 0 Å². The van der Waals surface area contributed by atoms with Gasteiger partial charge in [-0.2, -0.15) is 0 Å². The predicted molar refractivity (Wildman–Crippen MR) is 187 cm³/mol. The van der Waals surface area contributed by atoms with Crippen molar-refractivity contribution in [2.24, 2.45) is 0 Å². The lowest BCUT2D eigenvalue weighted by Crippen LogP contribution is -2.17. The van der Waals surface area contributed by atoms with Crippen LogP contribution < -0.4 is 0 Å². The zero-order valence-electron chi connectivity index (χ0n) is 28.1. The highest BCUT2D eigenvalue weighted by Crippen LogP contribution is 2.15. The Morgan fingerprint density at radius 1 is 0.512 bits per heavy atom. The van der Waals surface area contributed by atoms with E-state index in [-0.39, 0.29) is 0 Å². The van der Waals surface area contributed by atoms with E-state index in [1.807, 2.05) is 13.8 Å². The van der Waals surface area contributed by atoms with Crippen LogP contribution in [0.2, 0.25) is 0 Å². The first-order chi connectivity index (χ1) is 19.3. The maximum Gasteiger partial charge on any atom is 0.0591 e. The molecule has 0 unspecified atom stereocenters. The smallest absolute Gasteiger partial charge is 0.0591 e. The van der Waals surface area contributed by atoms with Gasteiger partial charge in [0, 0.05) is 0 Å². The van der Waals surface area contributed by atoms with Crippen molar-refractivity contribution in [3.8, 4) is 0 Å². The number of rotatable bonds is 18. The molecule has 0 aromatic rings. The zero-order valence-corrected chi connectivity index (χ0v) is 28.1. The Morgan fingerprint density at radius 2 is 0.927 bits per heavy atom. The van der Waals surface area contributed by atoms with Crippen LogP contribution in [-0.2, 0) is 0 Å². The van der Waals surface area contributed by atoms with Crippen LogP contribution in [0.3, 0.4) is 0 Å². The normalized spacial score (nSPS) is 15.4. The Morgan fingerprint density at radius 3 is 1.41 bits per heavy atom. The van der Waals surface area contributed by atoms with Crippen LogP contribution in [-0.4, -0.2) is 10.7 Å². The maximum atomic E-state index is 9.82. The van der Waals surface area contributed by atoms with Gasteiger partial charge >= 0.3 is 0 Å². The molecule has 0 aliphatic rings. The van der Waals surface area contributed by atoms with E-state index < -0.39 is 5.60 Å².